The second-order valence-electron chi connectivity index (χ2n) is 3.54. The normalized spacial score (nSPS) is 13.5. The van der Waals surface area contributed by atoms with Crippen LogP contribution in [0, 0.1) is 5.92 Å². The van der Waals surface area contributed by atoms with E-state index in [4.69, 9.17) is 16.0 Å². The first-order valence-corrected chi connectivity index (χ1v) is 5.02. The van der Waals surface area contributed by atoms with Crippen molar-refractivity contribution in [2.24, 2.45) is 5.92 Å². The average Bonchev–Trinajstić information content (AvgIpc) is 2.56. The maximum atomic E-state index is 5.73. The highest BCUT2D eigenvalue weighted by Crippen LogP contribution is 2.06. The molecule has 0 aromatic carbocycles. The summed E-state index contributed by atoms with van der Waals surface area (Å²) in [7, 11) is 2.07. The number of nitrogens with zero attached hydrogens (tertiary/aromatic N) is 1. The van der Waals surface area contributed by atoms with E-state index in [9.17, 15) is 0 Å². The Morgan fingerprint density at radius 1 is 1.62 bits per heavy atom. The maximum absolute atomic E-state index is 5.73. The lowest BCUT2D eigenvalue weighted by molar-refractivity contribution is 0.266. The summed E-state index contributed by atoms with van der Waals surface area (Å²) in [6, 6.07) is 3.90. The zero-order chi connectivity index (χ0) is 9.68. The zero-order valence-electron chi connectivity index (χ0n) is 8.16. The van der Waals surface area contributed by atoms with Crippen LogP contribution >= 0.6 is 11.6 Å². The van der Waals surface area contributed by atoms with E-state index in [-0.39, 0.29) is 0 Å². The van der Waals surface area contributed by atoms with Gasteiger partial charge in [0.05, 0.1) is 12.8 Å². The molecule has 0 saturated carbocycles. The highest BCUT2D eigenvalue weighted by atomic mass is 35.5. The van der Waals surface area contributed by atoms with Crippen molar-refractivity contribution in [2.45, 2.75) is 13.5 Å². The first-order chi connectivity index (χ1) is 6.22. The standard InChI is InChI=1S/C10H16ClNO/c1-9(6-11)7-12(2)8-10-4-3-5-13-10/h3-5,9H,6-8H2,1-2H3. The molecule has 74 valence electrons. The lowest BCUT2D eigenvalue weighted by atomic mass is 10.2. The molecule has 2 nitrogen and oxygen atoms in total. The van der Waals surface area contributed by atoms with Crippen LogP contribution in [-0.2, 0) is 6.54 Å². The quantitative estimate of drug-likeness (QED) is 0.681. The van der Waals surface area contributed by atoms with E-state index in [2.05, 4.69) is 18.9 Å². The minimum Gasteiger partial charge on any atom is -0.468 e. The maximum Gasteiger partial charge on any atom is 0.117 e. The third-order valence-corrected chi connectivity index (χ3v) is 2.42. The molecule has 1 rings (SSSR count). The summed E-state index contributed by atoms with van der Waals surface area (Å²) in [6.07, 6.45) is 1.70. The number of alkyl halides is 1. The molecule has 0 bridgehead atoms. The molecule has 0 saturated heterocycles. The van der Waals surface area contributed by atoms with Crippen LogP contribution < -0.4 is 0 Å². The van der Waals surface area contributed by atoms with Crippen molar-refractivity contribution in [1.29, 1.82) is 0 Å². The molecule has 0 aliphatic carbocycles. The van der Waals surface area contributed by atoms with Gasteiger partial charge in [0.2, 0.25) is 0 Å². The number of hydrogen-bond donors (Lipinski definition) is 0. The second kappa shape index (κ2) is 5.30. The molecule has 0 fully saturated rings. The van der Waals surface area contributed by atoms with Gasteiger partial charge in [0.25, 0.3) is 0 Å². The van der Waals surface area contributed by atoms with Crippen LogP contribution in [0.4, 0.5) is 0 Å². The molecule has 3 heteroatoms. The lowest BCUT2D eigenvalue weighted by Gasteiger charge is -2.18. The molecule has 1 aromatic rings. The first kappa shape index (κ1) is 10.6. The van der Waals surface area contributed by atoms with Gasteiger partial charge < -0.3 is 4.42 Å². The van der Waals surface area contributed by atoms with Crippen LogP contribution in [0.15, 0.2) is 22.8 Å². The molecule has 0 aliphatic rings. The van der Waals surface area contributed by atoms with Gasteiger partial charge in [0, 0.05) is 12.4 Å². The number of furan rings is 1. The highest BCUT2D eigenvalue weighted by molar-refractivity contribution is 6.18. The number of halogens is 1. The summed E-state index contributed by atoms with van der Waals surface area (Å²) in [5.74, 6) is 2.24. The van der Waals surface area contributed by atoms with Crippen molar-refractivity contribution < 1.29 is 4.42 Å². The van der Waals surface area contributed by atoms with Gasteiger partial charge in [-0.05, 0) is 25.1 Å². The number of rotatable bonds is 5. The molecule has 0 N–H and O–H groups in total. The summed E-state index contributed by atoms with van der Waals surface area (Å²) in [6.45, 7) is 4.00. The van der Waals surface area contributed by atoms with Crippen LogP contribution in [0.2, 0.25) is 0 Å². The lowest BCUT2D eigenvalue weighted by Crippen LogP contribution is -2.24. The fourth-order valence-electron chi connectivity index (χ4n) is 1.31. The topological polar surface area (TPSA) is 16.4 Å². The van der Waals surface area contributed by atoms with E-state index in [1.807, 2.05) is 12.1 Å². The summed E-state index contributed by atoms with van der Waals surface area (Å²) in [5.41, 5.74) is 0. The van der Waals surface area contributed by atoms with E-state index in [1.165, 1.54) is 0 Å². The van der Waals surface area contributed by atoms with Gasteiger partial charge in [-0.2, -0.15) is 0 Å². The van der Waals surface area contributed by atoms with Crippen LogP contribution in [-0.4, -0.2) is 24.4 Å². The Kier molecular flexibility index (Phi) is 4.33. The Bertz CT molecular complexity index is 223. The highest BCUT2D eigenvalue weighted by Gasteiger charge is 2.06. The Morgan fingerprint density at radius 3 is 2.92 bits per heavy atom. The van der Waals surface area contributed by atoms with Crippen molar-refractivity contribution in [3.63, 3.8) is 0 Å². The van der Waals surface area contributed by atoms with E-state index in [1.54, 1.807) is 6.26 Å². The summed E-state index contributed by atoms with van der Waals surface area (Å²) in [4.78, 5) is 2.21. The van der Waals surface area contributed by atoms with Gasteiger partial charge in [-0.3, -0.25) is 4.90 Å². The van der Waals surface area contributed by atoms with Gasteiger partial charge in [0.15, 0.2) is 0 Å². The fourth-order valence-corrected chi connectivity index (χ4v) is 1.41. The van der Waals surface area contributed by atoms with Gasteiger partial charge in [-0.25, -0.2) is 0 Å². The summed E-state index contributed by atoms with van der Waals surface area (Å²) >= 11 is 5.73. The van der Waals surface area contributed by atoms with E-state index in [0.29, 0.717) is 11.8 Å². The van der Waals surface area contributed by atoms with Gasteiger partial charge in [-0.1, -0.05) is 6.92 Å². The SMILES string of the molecule is CC(CCl)CN(C)Cc1ccco1. The predicted octanol–water partition coefficient (Wildman–Crippen LogP) is 2.59. The largest absolute Gasteiger partial charge is 0.468 e. The molecule has 1 unspecified atom stereocenters. The fraction of sp³-hybridized carbons (Fsp3) is 0.600. The monoisotopic (exact) mass is 201 g/mol. The van der Waals surface area contributed by atoms with E-state index >= 15 is 0 Å². The van der Waals surface area contributed by atoms with Crippen molar-refractivity contribution in [3.8, 4) is 0 Å². The molecular weight excluding hydrogens is 186 g/mol. The zero-order valence-corrected chi connectivity index (χ0v) is 8.92. The smallest absolute Gasteiger partial charge is 0.117 e. The van der Waals surface area contributed by atoms with Crippen LogP contribution in [0.5, 0.6) is 0 Å². The van der Waals surface area contributed by atoms with Crippen LogP contribution in [0.3, 0.4) is 0 Å². The minimum absolute atomic E-state index is 0.529. The van der Waals surface area contributed by atoms with Crippen LogP contribution in [0.25, 0.3) is 0 Å². The van der Waals surface area contributed by atoms with Gasteiger partial charge in [0.1, 0.15) is 5.76 Å². The minimum atomic E-state index is 0.529. The average molecular weight is 202 g/mol. The van der Waals surface area contributed by atoms with E-state index < -0.39 is 0 Å². The first-order valence-electron chi connectivity index (χ1n) is 4.49. The Hall–Kier alpha value is -0.470. The molecule has 0 spiro atoms. The molecule has 1 atom stereocenters. The van der Waals surface area contributed by atoms with Gasteiger partial charge in [-0.15, -0.1) is 11.6 Å². The molecule has 0 amide bonds. The predicted molar refractivity (Wildman–Crippen MR) is 54.9 cm³/mol. The van der Waals surface area contributed by atoms with Crippen molar-refractivity contribution in [1.82, 2.24) is 4.90 Å². The molecule has 1 heterocycles. The summed E-state index contributed by atoms with van der Waals surface area (Å²) in [5, 5.41) is 0. The Morgan fingerprint density at radius 2 is 2.38 bits per heavy atom. The molecular formula is C10H16ClNO. The number of hydrogen-bond acceptors (Lipinski definition) is 2. The Labute approximate surface area is 84.5 Å². The summed E-state index contributed by atoms with van der Waals surface area (Å²) < 4.78 is 5.24. The molecule has 0 radical (unpaired) electrons. The van der Waals surface area contributed by atoms with Gasteiger partial charge >= 0.3 is 0 Å². The molecule has 13 heavy (non-hydrogen) atoms. The van der Waals surface area contributed by atoms with E-state index in [0.717, 1.165) is 18.8 Å². The molecule has 1 aromatic heterocycles. The van der Waals surface area contributed by atoms with Crippen LogP contribution in [0.1, 0.15) is 12.7 Å². The Balaban J connectivity index is 2.29. The van der Waals surface area contributed by atoms with Crippen molar-refractivity contribution in [2.75, 3.05) is 19.5 Å². The molecule has 0 aliphatic heterocycles. The second-order valence-corrected chi connectivity index (χ2v) is 3.84. The van der Waals surface area contributed by atoms with Crippen molar-refractivity contribution in [3.05, 3.63) is 24.2 Å². The third kappa shape index (κ3) is 3.83. The van der Waals surface area contributed by atoms with Crippen molar-refractivity contribution >= 4 is 11.6 Å². The third-order valence-electron chi connectivity index (χ3n) is 1.89.